The first-order valence-electron chi connectivity index (χ1n) is 2.38. The molecule has 0 aliphatic rings. The number of aliphatic carboxylic acids is 1. The number of hydrogen-bond donors (Lipinski definition) is 1. The second-order valence-corrected chi connectivity index (χ2v) is 1.75. The van der Waals surface area contributed by atoms with Gasteiger partial charge in [-0.15, -0.1) is 0 Å². The highest BCUT2D eigenvalue weighted by molar-refractivity contribution is 6.62. The molecule has 3 nitrogen and oxygen atoms in total. The van der Waals surface area contributed by atoms with Crippen molar-refractivity contribution in [2.75, 3.05) is 0 Å². The Morgan fingerprint density at radius 3 is 1.67 bits per heavy atom. The van der Waals surface area contributed by atoms with Crippen LogP contribution in [0.4, 0.5) is 0 Å². The molecule has 0 radical (unpaired) electrons. The first-order chi connectivity index (χ1) is 4.00. The number of halogens is 1. The number of carbonyl (C=O) groups excluding carboxylic acids is 1. The van der Waals surface area contributed by atoms with E-state index in [0.29, 0.717) is 0 Å². The monoisotopic (exact) mass is 152 g/mol. The fraction of sp³-hybridized carbons (Fsp3) is 0.600. The fourth-order valence-electron chi connectivity index (χ4n) is 0. The standard InChI is InChI=1S/C3H6O2.C2H3ClO/c1-2-3(4)5;1-2(3)4/h2H2,1H3,(H,4,5);1H3. The molecule has 9 heavy (non-hydrogen) atoms. The van der Waals surface area contributed by atoms with Gasteiger partial charge in [0.05, 0.1) is 0 Å². The molecule has 4 heteroatoms. The minimum absolute atomic E-state index is 0.222. The summed E-state index contributed by atoms with van der Waals surface area (Å²) in [4.78, 5) is 18.6. The zero-order chi connectivity index (χ0) is 7.86. The quantitative estimate of drug-likeness (QED) is 0.576. The second kappa shape index (κ2) is 7.43. The van der Waals surface area contributed by atoms with Gasteiger partial charge < -0.3 is 5.11 Å². The Balaban J connectivity index is 0. The first kappa shape index (κ1) is 11.3. The third kappa shape index (κ3) is 107. The van der Waals surface area contributed by atoms with Crippen LogP contribution in [-0.4, -0.2) is 16.3 Å². The van der Waals surface area contributed by atoms with E-state index in [4.69, 9.17) is 5.11 Å². The third-order valence-electron chi connectivity index (χ3n) is 0.302. The molecule has 0 saturated heterocycles. The van der Waals surface area contributed by atoms with Gasteiger partial charge in [0.2, 0.25) is 5.24 Å². The van der Waals surface area contributed by atoms with Crippen molar-refractivity contribution in [2.24, 2.45) is 0 Å². The van der Waals surface area contributed by atoms with E-state index in [1.807, 2.05) is 0 Å². The molecule has 0 fully saturated rings. The van der Waals surface area contributed by atoms with Crippen LogP contribution in [0, 0.1) is 0 Å². The van der Waals surface area contributed by atoms with Crippen molar-refractivity contribution in [3.63, 3.8) is 0 Å². The molecule has 0 aromatic rings. The van der Waals surface area contributed by atoms with E-state index >= 15 is 0 Å². The van der Waals surface area contributed by atoms with Gasteiger partial charge in [-0.1, -0.05) is 6.92 Å². The third-order valence-corrected chi connectivity index (χ3v) is 0.302. The molecule has 0 bridgehead atoms. The lowest BCUT2D eigenvalue weighted by Crippen LogP contribution is -1.86. The molecule has 0 atom stereocenters. The maximum absolute atomic E-state index is 9.37. The summed E-state index contributed by atoms with van der Waals surface area (Å²) in [6, 6.07) is 0. The van der Waals surface area contributed by atoms with E-state index in [1.54, 1.807) is 6.92 Å². The first-order valence-corrected chi connectivity index (χ1v) is 2.76. The molecule has 1 N–H and O–H groups in total. The Hall–Kier alpha value is -0.570. The highest BCUT2D eigenvalue weighted by Gasteiger charge is 1.80. The number of rotatable bonds is 1. The summed E-state index contributed by atoms with van der Waals surface area (Å²) in [6.45, 7) is 2.89. The van der Waals surface area contributed by atoms with Gasteiger partial charge in [-0.05, 0) is 11.6 Å². The van der Waals surface area contributed by atoms with Gasteiger partial charge in [-0.2, -0.15) is 0 Å². The molecule has 0 unspecified atom stereocenters. The molecule has 0 heterocycles. The Morgan fingerprint density at radius 1 is 1.56 bits per heavy atom. The smallest absolute Gasteiger partial charge is 0.303 e. The van der Waals surface area contributed by atoms with Gasteiger partial charge in [0, 0.05) is 13.3 Å². The number of carboxylic acid groups (broad SMARTS) is 1. The van der Waals surface area contributed by atoms with Crippen LogP contribution < -0.4 is 0 Å². The molecular formula is C5H9ClO3. The number of hydrogen-bond acceptors (Lipinski definition) is 2. The predicted octanol–water partition coefficient (Wildman–Crippen LogP) is 1.25. The normalized spacial score (nSPS) is 7.00. The molecule has 0 amide bonds. The zero-order valence-corrected chi connectivity index (χ0v) is 6.10. The molecule has 0 aliphatic carbocycles. The van der Waals surface area contributed by atoms with Gasteiger partial charge in [-0.25, -0.2) is 0 Å². The largest absolute Gasteiger partial charge is 0.481 e. The van der Waals surface area contributed by atoms with Crippen molar-refractivity contribution in [2.45, 2.75) is 20.3 Å². The lowest BCUT2D eigenvalue weighted by molar-refractivity contribution is -0.136. The lowest BCUT2D eigenvalue weighted by Gasteiger charge is -1.71. The summed E-state index contributed by atoms with van der Waals surface area (Å²) < 4.78 is 0. The van der Waals surface area contributed by atoms with Gasteiger partial charge in [0.25, 0.3) is 0 Å². The minimum Gasteiger partial charge on any atom is -0.481 e. The van der Waals surface area contributed by atoms with Crippen molar-refractivity contribution in [3.8, 4) is 0 Å². The minimum atomic E-state index is -0.745. The average molecular weight is 153 g/mol. The molecule has 0 spiro atoms. The Morgan fingerprint density at radius 2 is 1.67 bits per heavy atom. The van der Waals surface area contributed by atoms with Gasteiger partial charge >= 0.3 is 5.97 Å². The van der Waals surface area contributed by atoms with E-state index in [9.17, 15) is 9.59 Å². The Labute approximate surface area is 58.6 Å². The van der Waals surface area contributed by atoms with E-state index in [0.717, 1.165) is 0 Å². The molecule has 0 saturated carbocycles. The van der Waals surface area contributed by atoms with Crippen LogP contribution in [0.15, 0.2) is 0 Å². The van der Waals surface area contributed by atoms with Crippen molar-refractivity contribution in [3.05, 3.63) is 0 Å². The van der Waals surface area contributed by atoms with E-state index in [1.165, 1.54) is 6.92 Å². The lowest BCUT2D eigenvalue weighted by atomic mass is 10.5. The van der Waals surface area contributed by atoms with Crippen LogP contribution >= 0.6 is 11.6 Å². The summed E-state index contributed by atoms with van der Waals surface area (Å²) in [5, 5.41) is 7.36. The summed E-state index contributed by atoms with van der Waals surface area (Å²) >= 11 is 4.64. The summed E-state index contributed by atoms with van der Waals surface area (Å²) in [5.74, 6) is -0.745. The SMILES string of the molecule is CC(=O)Cl.CCC(=O)O. The van der Waals surface area contributed by atoms with Crippen LogP contribution in [0.3, 0.4) is 0 Å². The van der Waals surface area contributed by atoms with Crippen LogP contribution in [0.5, 0.6) is 0 Å². The fourth-order valence-corrected chi connectivity index (χ4v) is 0. The van der Waals surface area contributed by atoms with Crippen LogP contribution in [0.25, 0.3) is 0 Å². The topological polar surface area (TPSA) is 54.4 Å². The summed E-state index contributed by atoms with van der Waals surface area (Å²) in [7, 11) is 0. The van der Waals surface area contributed by atoms with Gasteiger partial charge in [0.1, 0.15) is 0 Å². The molecule has 0 aromatic carbocycles. The summed E-state index contributed by atoms with van der Waals surface area (Å²) in [5.41, 5.74) is 0. The molecule has 0 rings (SSSR count). The number of carbonyl (C=O) groups is 2. The molecule has 0 aromatic heterocycles. The van der Waals surface area contributed by atoms with Crippen LogP contribution in [-0.2, 0) is 9.59 Å². The van der Waals surface area contributed by atoms with Gasteiger partial charge in [0.15, 0.2) is 0 Å². The molecule has 0 aliphatic heterocycles. The Kier molecular flexibility index (Phi) is 9.29. The van der Waals surface area contributed by atoms with Crippen molar-refractivity contribution in [1.82, 2.24) is 0 Å². The van der Waals surface area contributed by atoms with Crippen molar-refractivity contribution < 1.29 is 14.7 Å². The predicted molar refractivity (Wildman–Crippen MR) is 34.5 cm³/mol. The van der Waals surface area contributed by atoms with E-state index in [-0.39, 0.29) is 11.7 Å². The van der Waals surface area contributed by atoms with Crippen molar-refractivity contribution in [1.29, 1.82) is 0 Å². The molecular weight excluding hydrogens is 144 g/mol. The van der Waals surface area contributed by atoms with Crippen molar-refractivity contribution >= 4 is 22.8 Å². The second-order valence-electron chi connectivity index (χ2n) is 1.22. The van der Waals surface area contributed by atoms with Crippen LogP contribution in [0.1, 0.15) is 20.3 Å². The number of carboxylic acids is 1. The van der Waals surface area contributed by atoms with E-state index in [2.05, 4.69) is 11.6 Å². The highest BCUT2D eigenvalue weighted by atomic mass is 35.5. The highest BCUT2D eigenvalue weighted by Crippen LogP contribution is 1.67. The zero-order valence-electron chi connectivity index (χ0n) is 5.35. The average Bonchev–Trinajstić information content (AvgIpc) is 1.65. The maximum Gasteiger partial charge on any atom is 0.303 e. The Bertz CT molecular complexity index is 96.4. The van der Waals surface area contributed by atoms with Crippen LogP contribution in [0.2, 0.25) is 0 Å². The van der Waals surface area contributed by atoms with Gasteiger partial charge in [-0.3, -0.25) is 9.59 Å². The van der Waals surface area contributed by atoms with E-state index < -0.39 is 5.97 Å². The summed E-state index contributed by atoms with van der Waals surface area (Å²) in [6.07, 6.45) is 0.222. The maximum atomic E-state index is 9.37. The molecule has 54 valence electrons.